The quantitative estimate of drug-likeness (QED) is 0.756. The van der Waals surface area contributed by atoms with Gasteiger partial charge in [0.2, 0.25) is 0 Å². The van der Waals surface area contributed by atoms with Gasteiger partial charge in [0.15, 0.2) is 0 Å². The smallest absolute Gasteiger partial charge is 0.251 e. The Bertz CT molecular complexity index is 395. The number of hydrogen-bond acceptors (Lipinski definition) is 3. The van der Waals surface area contributed by atoms with Crippen molar-refractivity contribution in [2.24, 2.45) is 5.73 Å². The minimum atomic E-state index is -0.204. The van der Waals surface area contributed by atoms with Crippen LogP contribution in [0.4, 0.5) is 0 Å². The SMILES string of the molecule is CC(CN)NC(=O)c1cccc(C#N)c1. The molecule has 1 atom stereocenters. The van der Waals surface area contributed by atoms with E-state index < -0.39 is 0 Å². The molecule has 1 unspecified atom stereocenters. The molecule has 15 heavy (non-hydrogen) atoms. The minimum absolute atomic E-state index is 0.0664. The first-order chi connectivity index (χ1) is 7.17. The van der Waals surface area contributed by atoms with Crippen molar-refractivity contribution >= 4 is 5.91 Å². The molecule has 0 fully saturated rings. The summed E-state index contributed by atoms with van der Waals surface area (Å²) in [5, 5.41) is 11.4. The number of nitrogens with zero attached hydrogens (tertiary/aromatic N) is 1. The fourth-order valence-electron chi connectivity index (χ4n) is 1.10. The summed E-state index contributed by atoms with van der Waals surface area (Å²) in [6.45, 7) is 2.22. The number of benzene rings is 1. The van der Waals surface area contributed by atoms with E-state index in [1.54, 1.807) is 24.3 Å². The monoisotopic (exact) mass is 203 g/mol. The average Bonchev–Trinajstić information content (AvgIpc) is 2.28. The summed E-state index contributed by atoms with van der Waals surface area (Å²) < 4.78 is 0. The summed E-state index contributed by atoms with van der Waals surface area (Å²) in [6.07, 6.45) is 0. The Morgan fingerprint density at radius 3 is 3.00 bits per heavy atom. The van der Waals surface area contributed by atoms with E-state index in [1.165, 1.54) is 0 Å². The molecular weight excluding hydrogens is 190 g/mol. The van der Waals surface area contributed by atoms with Crippen LogP contribution >= 0.6 is 0 Å². The lowest BCUT2D eigenvalue weighted by Gasteiger charge is -2.10. The molecule has 0 saturated carbocycles. The zero-order valence-electron chi connectivity index (χ0n) is 8.53. The third-order valence-electron chi connectivity index (χ3n) is 1.98. The first-order valence-corrected chi connectivity index (χ1v) is 4.68. The summed E-state index contributed by atoms with van der Waals surface area (Å²) in [6, 6.07) is 8.48. The number of nitrogens with two attached hydrogens (primary N) is 1. The Morgan fingerprint density at radius 1 is 1.67 bits per heavy atom. The number of amides is 1. The number of carbonyl (C=O) groups is 1. The molecular formula is C11H13N3O. The van der Waals surface area contributed by atoms with Crippen LogP contribution in [0.25, 0.3) is 0 Å². The van der Waals surface area contributed by atoms with Crippen molar-refractivity contribution in [2.75, 3.05) is 6.54 Å². The molecule has 1 aromatic carbocycles. The maximum absolute atomic E-state index is 11.6. The zero-order chi connectivity index (χ0) is 11.3. The lowest BCUT2D eigenvalue weighted by molar-refractivity contribution is 0.0941. The van der Waals surface area contributed by atoms with Crippen molar-refractivity contribution < 1.29 is 4.79 Å². The molecule has 0 aliphatic carbocycles. The summed E-state index contributed by atoms with van der Waals surface area (Å²) >= 11 is 0. The Morgan fingerprint density at radius 2 is 2.40 bits per heavy atom. The molecule has 78 valence electrons. The maximum atomic E-state index is 11.6. The molecule has 1 aromatic rings. The summed E-state index contributed by atoms with van der Waals surface area (Å²) in [4.78, 5) is 11.6. The lowest BCUT2D eigenvalue weighted by atomic mass is 10.1. The van der Waals surface area contributed by atoms with Crippen molar-refractivity contribution in [3.05, 3.63) is 35.4 Å². The van der Waals surface area contributed by atoms with Crippen LogP contribution in [0.5, 0.6) is 0 Å². The van der Waals surface area contributed by atoms with Crippen molar-refractivity contribution in [1.29, 1.82) is 5.26 Å². The highest BCUT2D eigenvalue weighted by molar-refractivity contribution is 5.94. The highest BCUT2D eigenvalue weighted by Crippen LogP contribution is 2.04. The van der Waals surface area contributed by atoms with Gasteiger partial charge in [-0.25, -0.2) is 0 Å². The third-order valence-corrected chi connectivity index (χ3v) is 1.98. The van der Waals surface area contributed by atoms with E-state index in [9.17, 15) is 4.79 Å². The molecule has 3 N–H and O–H groups in total. The normalized spacial score (nSPS) is 11.5. The van der Waals surface area contributed by atoms with Crippen LogP contribution in [0, 0.1) is 11.3 Å². The van der Waals surface area contributed by atoms with Gasteiger partial charge in [-0.2, -0.15) is 5.26 Å². The maximum Gasteiger partial charge on any atom is 0.251 e. The van der Waals surface area contributed by atoms with Gasteiger partial charge in [-0.05, 0) is 25.1 Å². The van der Waals surface area contributed by atoms with Crippen LogP contribution in [-0.4, -0.2) is 18.5 Å². The van der Waals surface area contributed by atoms with E-state index in [0.29, 0.717) is 17.7 Å². The molecule has 0 aromatic heterocycles. The molecule has 0 radical (unpaired) electrons. The zero-order valence-corrected chi connectivity index (χ0v) is 8.53. The molecule has 1 rings (SSSR count). The van der Waals surface area contributed by atoms with Crippen molar-refractivity contribution in [2.45, 2.75) is 13.0 Å². The van der Waals surface area contributed by atoms with Crippen LogP contribution in [-0.2, 0) is 0 Å². The van der Waals surface area contributed by atoms with Gasteiger partial charge < -0.3 is 11.1 Å². The lowest BCUT2D eigenvalue weighted by Crippen LogP contribution is -2.37. The van der Waals surface area contributed by atoms with E-state index in [0.717, 1.165) is 0 Å². The van der Waals surface area contributed by atoms with E-state index in [1.807, 2.05) is 13.0 Å². The van der Waals surface area contributed by atoms with Gasteiger partial charge in [-0.15, -0.1) is 0 Å². The van der Waals surface area contributed by atoms with Crippen LogP contribution in [0.1, 0.15) is 22.8 Å². The molecule has 0 spiro atoms. The van der Waals surface area contributed by atoms with Gasteiger partial charge in [0.25, 0.3) is 5.91 Å². The summed E-state index contributed by atoms with van der Waals surface area (Å²) in [5.74, 6) is -0.204. The third kappa shape index (κ3) is 3.08. The van der Waals surface area contributed by atoms with Gasteiger partial charge in [0.05, 0.1) is 11.6 Å². The first-order valence-electron chi connectivity index (χ1n) is 4.68. The number of carbonyl (C=O) groups excluding carboxylic acids is 1. The van der Waals surface area contributed by atoms with Crippen LogP contribution < -0.4 is 11.1 Å². The van der Waals surface area contributed by atoms with Crippen LogP contribution in [0.3, 0.4) is 0 Å². The van der Waals surface area contributed by atoms with E-state index in [4.69, 9.17) is 11.0 Å². The highest BCUT2D eigenvalue weighted by Gasteiger charge is 2.08. The molecule has 0 aliphatic heterocycles. The van der Waals surface area contributed by atoms with Gasteiger partial charge in [-0.3, -0.25) is 4.79 Å². The summed E-state index contributed by atoms with van der Waals surface area (Å²) in [5.41, 5.74) is 6.34. The van der Waals surface area contributed by atoms with Gasteiger partial charge in [-0.1, -0.05) is 6.07 Å². The van der Waals surface area contributed by atoms with E-state index in [-0.39, 0.29) is 11.9 Å². The van der Waals surface area contributed by atoms with Gasteiger partial charge in [0.1, 0.15) is 0 Å². The minimum Gasteiger partial charge on any atom is -0.348 e. The van der Waals surface area contributed by atoms with Gasteiger partial charge in [0, 0.05) is 18.2 Å². The number of nitriles is 1. The predicted molar refractivity (Wildman–Crippen MR) is 57.1 cm³/mol. The number of nitrogens with one attached hydrogen (secondary N) is 1. The Labute approximate surface area is 88.7 Å². The van der Waals surface area contributed by atoms with Gasteiger partial charge >= 0.3 is 0 Å². The number of rotatable bonds is 3. The van der Waals surface area contributed by atoms with Crippen molar-refractivity contribution in [3.63, 3.8) is 0 Å². The Balaban J connectivity index is 2.78. The highest BCUT2D eigenvalue weighted by atomic mass is 16.1. The van der Waals surface area contributed by atoms with Crippen molar-refractivity contribution in [1.82, 2.24) is 5.32 Å². The second kappa shape index (κ2) is 5.13. The van der Waals surface area contributed by atoms with E-state index in [2.05, 4.69) is 5.32 Å². The molecule has 0 bridgehead atoms. The predicted octanol–water partition coefficient (Wildman–Crippen LogP) is 0.635. The standard InChI is InChI=1S/C11H13N3O/c1-8(6-12)14-11(15)10-4-2-3-9(5-10)7-13/h2-5,8H,6,12H2,1H3,(H,14,15). The summed E-state index contributed by atoms with van der Waals surface area (Å²) in [7, 11) is 0. The number of hydrogen-bond donors (Lipinski definition) is 2. The second-order valence-electron chi connectivity index (χ2n) is 3.30. The molecule has 1 amide bonds. The molecule has 0 aliphatic rings. The molecule has 0 saturated heterocycles. The molecule has 4 heteroatoms. The van der Waals surface area contributed by atoms with Crippen LogP contribution in [0.15, 0.2) is 24.3 Å². The largest absolute Gasteiger partial charge is 0.348 e. The second-order valence-corrected chi connectivity index (χ2v) is 3.30. The van der Waals surface area contributed by atoms with Crippen molar-refractivity contribution in [3.8, 4) is 6.07 Å². The van der Waals surface area contributed by atoms with E-state index >= 15 is 0 Å². The molecule has 4 nitrogen and oxygen atoms in total. The first kappa shape index (κ1) is 11.2. The molecule has 0 heterocycles. The average molecular weight is 203 g/mol. The van der Waals surface area contributed by atoms with Crippen LogP contribution in [0.2, 0.25) is 0 Å². The fourth-order valence-corrected chi connectivity index (χ4v) is 1.10. The Kier molecular flexibility index (Phi) is 3.83. The Hall–Kier alpha value is -1.86. The topological polar surface area (TPSA) is 78.9 Å². The fraction of sp³-hybridized carbons (Fsp3) is 0.273.